The molecule has 1 aromatic heterocycles. The molecule has 1 saturated carbocycles. The molecule has 1 aliphatic heterocycles. The van der Waals surface area contributed by atoms with Crippen LogP contribution >= 0.6 is 23.4 Å². The number of hydrogen-bond donors (Lipinski definition) is 0. The molecule has 4 nitrogen and oxygen atoms in total. The van der Waals surface area contributed by atoms with Gasteiger partial charge in [0.2, 0.25) is 0 Å². The van der Waals surface area contributed by atoms with E-state index in [0.717, 1.165) is 54.8 Å². The highest BCUT2D eigenvalue weighted by atomic mass is 35.5. The second kappa shape index (κ2) is 7.64. The Kier molecular flexibility index (Phi) is 5.70. The van der Waals surface area contributed by atoms with E-state index < -0.39 is 8.32 Å². The molecule has 0 saturated heterocycles. The average Bonchev–Trinajstić information content (AvgIpc) is 3.40. The van der Waals surface area contributed by atoms with Crippen molar-refractivity contribution in [2.45, 2.75) is 81.8 Å². The maximum atomic E-state index is 6.62. The van der Waals surface area contributed by atoms with Crippen molar-refractivity contribution in [1.29, 1.82) is 0 Å². The summed E-state index contributed by atoms with van der Waals surface area (Å²) in [5.74, 6) is 3.30. The van der Waals surface area contributed by atoms with Gasteiger partial charge in [-0.2, -0.15) is 11.8 Å². The van der Waals surface area contributed by atoms with Gasteiger partial charge in [0.1, 0.15) is 11.6 Å². The number of thioether (sulfide) groups is 1. The Labute approximate surface area is 191 Å². The quantitative estimate of drug-likeness (QED) is 0.503. The Morgan fingerprint density at radius 2 is 1.83 bits per heavy atom. The van der Waals surface area contributed by atoms with Crippen LogP contribution < -0.4 is 0 Å². The number of nitrogens with zero attached hydrogens (tertiary/aromatic N) is 3. The smallest absolute Gasteiger partial charge is 0.192 e. The van der Waals surface area contributed by atoms with Crippen LogP contribution in [0.4, 0.5) is 0 Å². The summed E-state index contributed by atoms with van der Waals surface area (Å²) >= 11 is 8.15. The molecule has 0 radical (unpaired) electrons. The summed E-state index contributed by atoms with van der Waals surface area (Å²) in [6, 6.07) is 8.28. The van der Waals surface area contributed by atoms with E-state index >= 15 is 0 Å². The first-order chi connectivity index (χ1) is 14.0. The monoisotopic (exact) mass is 463 g/mol. The first-order valence-corrected chi connectivity index (χ1v) is 15.2. The van der Waals surface area contributed by atoms with Gasteiger partial charge in [-0.1, -0.05) is 44.5 Å². The van der Waals surface area contributed by atoms with Gasteiger partial charge in [-0.15, -0.1) is 10.2 Å². The molecule has 4 rings (SSSR count). The van der Waals surface area contributed by atoms with Gasteiger partial charge >= 0.3 is 0 Å². The summed E-state index contributed by atoms with van der Waals surface area (Å²) < 4.78 is 9.05. The standard InChI is InChI=1S/C23H34ClN3OSSi/c1-21(2,3)30(5,6)28-16-22(4)15-19-25-26-20(27(19)13-14-29-22)23(11-12-23)17-7-9-18(24)10-8-17/h7-10H,11-16H2,1-6H3/t22-/m0/s1. The molecule has 0 bridgehead atoms. The average molecular weight is 464 g/mol. The van der Waals surface area contributed by atoms with Crippen LogP contribution in [0, 0.1) is 0 Å². The van der Waals surface area contributed by atoms with Gasteiger partial charge < -0.3 is 8.99 Å². The highest BCUT2D eigenvalue weighted by molar-refractivity contribution is 8.00. The highest BCUT2D eigenvalue weighted by Crippen LogP contribution is 2.53. The van der Waals surface area contributed by atoms with Crippen LogP contribution in [0.5, 0.6) is 0 Å². The summed E-state index contributed by atoms with van der Waals surface area (Å²) in [6.07, 6.45) is 3.16. The zero-order chi connectivity index (χ0) is 21.8. The zero-order valence-electron chi connectivity index (χ0n) is 19.1. The second-order valence-corrected chi connectivity index (χ2v) is 17.6. The molecule has 0 spiro atoms. The topological polar surface area (TPSA) is 39.9 Å². The molecule has 1 atom stereocenters. The first kappa shape index (κ1) is 22.4. The maximum absolute atomic E-state index is 6.62. The van der Waals surface area contributed by atoms with E-state index in [1.165, 1.54) is 5.56 Å². The van der Waals surface area contributed by atoms with Gasteiger partial charge in [-0.3, -0.25) is 0 Å². The number of hydrogen-bond acceptors (Lipinski definition) is 4. The van der Waals surface area contributed by atoms with E-state index in [0.29, 0.717) is 0 Å². The van der Waals surface area contributed by atoms with Gasteiger partial charge in [0, 0.05) is 35.1 Å². The molecular weight excluding hydrogens is 430 g/mol. The molecule has 0 amide bonds. The summed E-state index contributed by atoms with van der Waals surface area (Å²) in [6.45, 7) is 15.7. The molecular formula is C23H34ClN3OSSi. The Hall–Kier alpha value is -0.823. The molecule has 1 aromatic carbocycles. The van der Waals surface area contributed by atoms with E-state index in [9.17, 15) is 0 Å². The first-order valence-electron chi connectivity index (χ1n) is 10.9. The third kappa shape index (κ3) is 4.13. The molecule has 0 unspecified atom stereocenters. The van der Waals surface area contributed by atoms with E-state index in [1.807, 2.05) is 23.9 Å². The van der Waals surface area contributed by atoms with Crippen molar-refractivity contribution in [1.82, 2.24) is 14.8 Å². The largest absolute Gasteiger partial charge is 0.415 e. The van der Waals surface area contributed by atoms with Crippen LogP contribution in [0.2, 0.25) is 23.2 Å². The molecule has 2 heterocycles. The lowest BCUT2D eigenvalue weighted by atomic mass is 9.95. The fourth-order valence-electron chi connectivity index (χ4n) is 4.00. The maximum Gasteiger partial charge on any atom is 0.192 e. The van der Waals surface area contributed by atoms with Crippen LogP contribution in [0.25, 0.3) is 0 Å². The fraction of sp³-hybridized carbons (Fsp3) is 0.652. The lowest BCUT2D eigenvalue weighted by Gasteiger charge is -2.39. The van der Waals surface area contributed by atoms with E-state index in [1.54, 1.807) is 0 Å². The van der Waals surface area contributed by atoms with Crippen molar-refractivity contribution >= 4 is 31.7 Å². The van der Waals surface area contributed by atoms with Gasteiger partial charge in [-0.25, -0.2) is 0 Å². The van der Waals surface area contributed by atoms with Crippen molar-refractivity contribution in [2.24, 2.45) is 0 Å². The summed E-state index contributed by atoms with van der Waals surface area (Å²) in [4.78, 5) is 0. The normalized spacial score (nSPS) is 23.7. The molecule has 2 aromatic rings. The number of fused-ring (bicyclic) bond motifs is 1. The minimum atomic E-state index is -1.77. The van der Waals surface area contributed by atoms with E-state index in [2.05, 4.69) is 62.6 Å². The third-order valence-corrected chi connectivity index (χ3v) is 13.3. The molecule has 1 fully saturated rings. The highest BCUT2D eigenvalue weighted by Gasteiger charge is 2.51. The minimum Gasteiger partial charge on any atom is -0.415 e. The van der Waals surface area contributed by atoms with Crippen LogP contribution in [0.15, 0.2) is 24.3 Å². The van der Waals surface area contributed by atoms with Crippen LogP contribution in [0.1, 0.15) is 57.7 Å². The van der Waals surface area contributed by atoms with Crippen LogP contribution in [-0.4, -0.2) is 40.2 Å². The molecule has 1 aliphatic carbocycles. The van der Waals surface area contributed by atoms with Crippen LogP contribution in [0.3, 0.4) is 0 Å². The second-order valence-electron chi connectivity index (χ2n) is 10.7. The third-order valence-electron chi connectivity index (χ3n) is 7.24. The predicted molar refractivity (Wildman–Crippen MR) is 129 cm³/mol. The summed E-state index contributed by atoms with van der Waals surface area (Å²) in [7, 11) is -1.77. The molecule has 2 aliphatic rings. The van der Waals surface area contributed by atoms with E-state index in [4.69, 9.17) is 21.1 Å². The van der Waals surface area contributed by atoms with Gasteiger partial charge in [0.05, 0.1) is 5.41 Å². The molecule has 0 N–H and O–H groups in total. The summed E-state index contributed by atoms with van der Waals surface area (Å²) in [5, 5.41) is 10.4. The van der Waals surface area contributed by atoms with Crippen molar-refractivity contribution in [2.75, 3.05) is 12.4 Å². The molecule has 164 valence electrons. The SMILES string of the molecule is CC(C)(C)[Si](C)(C)OC[C@]1(C)Cc2nnc(C3(c4ccc(Cl)cc4)CC3)n2CCS1. The summed E-state index contributed by atoms with van der Waals surface area (Å²) in [5.41, 5.74) is 1.32. The lowest BCUT2D eigenvalue weighted by Crippen LogP contribution is -2.45. The van der Waals surface area contributed by atoms with Crippen molar-refractivity contribution in [3.8, 4) is 0 Å². The number of benzene rings is 1. The van der Waals surface area contributed by atoms with Gasteiger partial charge in [0.25, 0.3) is 0 Å². The Morgan fingerprint density at radius 1 is 1.17 bits per heavy atom. The van der Waals surface area contributed by atoms with Gasteiger partial charge in [0.15, 0.2) is 8.32 Å². The number of halogens is 1. The van der Waals surface area contributed by atoms with Crippen molar-refractivity contribution in [3.63, 3.8) is 0 Å². The van der Waals surface area contributed by atoms with Gasteiger partial charge in [-0.05, 0) is 55.6 Å². The number of rotatable bonds is 5. The van der Waals surface area contributed by atoms with Crippen molar-refractivity contribution in [3.05, 3.63) is 46.5 Å². The minimum absolute atomic E-state index is 0.0128. The Morgan fingerprint density at radius 3 is 2.43 bits per heavy atom. The van der Waals surface area contributed by atoms with Crippen LogP contribution in [-0.2, 0) is 22.8 Å². The van der Waals surface area contributed by atoms with E-state index in [-0.39, 0.29) is 15.2 Å². The molecule has 30 heavy (non-hydrogen) atoms. The Bertz CT molecular complexity index is 918. The fourth-order valence-corrected chi connectivity index (χ4v) is 6.48. The predicted octanol–water partition coefficient (Wildman–Crippen LogP) is 6.08. The zero-order valence-corrected chi connectivity index (χ0v) is 21.7. The Balaban J connectivity index is 1.56. The number of aromatic nitrogens is 3. The lowest BCUT2D eigenvalue weighted by molar-refractivity contribution is 0.252. The molecule has 7 heteroatoms. The van der Waals surface area contributed by atoms with Crippen molar-refractivity contribution < 1.29 is 4.43 Å².